The van der Waals surface area contributed by atoms with Crippen LogP contribution in [0.3, 0.4) is 0 Å². The molecule has 2 saturated heterocycles. The molecule has 1 N–H and O–H groups in total. The molecule has 0 radical (unpaired) electrons. The van der Waals surface area contributed by atoms with Gasteiger partial charge in [0.1, 0.15) is 0 Å². The molecule has 1 atom stereocenters. The summed E-state index contributed by atoms with van der Waals surface area (Å²) in [6, 6.07) is 7.52. The normalized spacial score (nSPS) is 19.4. The molecule has 3 rings (SSSR count). The van der Waals surface area contributed by atoms with Gasteiger partial charge in [-0.15, -0.1) is 11.8 Å². The molecule has 0 aliphatic carbocycles. The number of piperidine rings is 1. The number of nitrogens with one attached hydrogen (secondary N) is 1. The van der Waals surface area contributed by atoms with Crippen molar-refractivity contribution in [3.05, 3.63) is 24.3 Å². The number of anilines is 1. The third-order valence-corrected chi connectivity index (χ3v) is 6.91. The standard InChI is InChI=1S/C22H32N4O3S/c1-16(30-20-6-4-19(5-7-20)23-17(2)27)21(28)25-10-8-18(9-11-25)22(29)26-14-12-24(3)13-15-26/h4-7,16,18H,8-15H2,1-3H3,(H,23,27). The molecule has 1 aromatic carbocycles. The van der Waals surface area contributed by atoms with E-state index < -0.39 is 0 Å². The van der Waals surface area contributed by atoms with Crippen LogP contribution < -0.4 is 5.32 Å². The van der Waals surface area contributed by atoms with Crippen molar-refractivity contribution < 1.29 is 14.4 Å². The second kappa shape index (κ2) is 10.3. The van der Waals surface area contributed by atoms with E-state index in [0.29, 0.717) is 13.1 Å². The van der Waals surface area contributed by atoms with Crippen LogP contribution in [0.1, 0.15) is 26.7 Å². The number of likely N-dealkylation sites (tertiary alicyclic amines) is 1. The third-order valence-electron chi connectivity index (χ3n) is 5.81. The predicted molar refractivity (Wildman–Crippen MR) is 119 cm³/mol. The summed E-state index contributed by atoms with van der Waals surface area (Å²) in [6.07, 6.45) is 1.50. The third kappa shape index (κ3) is 5.98. The van der Waals surface area contributed by atoms with E-state index in [1.165, 1.54) is 18.7 Å². The lowest BCUT2D eigenvalue weighted by Gasteiger charge is -2.38. The first-order valence-electron chi connectivity index (χ1n) is 10.6. The molecule has 2 heterocycles. The van der Waals surface area contributed by atoms with Gasteiger partial charge in [-0.2, -0.15) is 0 Å². The Morgan fingerprint density at radius 3 is 2.13 bits per heavy atom. The van der Waals surface area contributed by atoms with Crippen LogP contribution in [0.15, 0.2) is 29.2 Å². The average Bonchev–Trinajstić information content (AvgIpc) is 2.74. The van der Waals surface area contributed by atoms with E-state index in [0.717, 1.165) is 49.6 Å². The number of nitrogens with zero attached hydrogens (tertiary/aromatic N) is 3. The van der Waals surface area contributed by atoms with Gasteiger partial charge in [-0.05, 0) is 51.1 Å². The van der Waals surface area contributed by atoms with E-state index in [4.69, 9.17) is 0 Å². The van der Waals surface area contributed by atoms with Crippen LogP contribution in [0.5, 0.6) is 0 Å². The Morgan fingerprint density at radius 2 is 1.57 bits per heavy atom. The lowest BCUT2D eigenvalue weighted by atomic mass is 9.94. The molecule has 0 aromatic heterocycles. The van der Waals surface area contributed by atoms with Crippen LogP contribution >= 0.6 is 11.8 Å². The maximum absolute atomic E-state index is 12.9. The van der Waals surface area contributed by atoms with Gasteiger partial charge in [-0.3, -0.25) is 14.4 Å². The molecule has 8 heteroatoms. The second-order valence-electron chi connectivity index (χ2n) is 8.19. The SMILES string of the molecule is CC(=O)Nc1ccc(SC(C)C(=O)N2CCC(C(=O)N3CCN(C)CC3)CC2)cc1. The summed E-state index contributed by atoms with van der Waals surface area (Å²) in [5.74, 6) is 0.323. The van der Waals surface area contributed by atoms with E-state index in [9.17, 15) is 14.4 Å². The van der Waals surface area contributed by atoms with Crippen LogP contribution in [-0.4, -0.2) is 84.0 Å². The highest BCUT2D eigenvalue weighted by Crippen LogP contribution is 2.28. The zero-order chi connectivity index (χ0) is 21.7. The number of likely N-dealkylation sites (N-methyl/N-ethyl adjacent to an activating group) is 1. The van der Waals surface area contributed by atoms with Crippen LogP contribution in [-0.2, 0) is 14.4 Å². The van der Waals surface area contributed by atoms with Gasteiger partial charge < -0.3 is 20.0 Å². The zero-order valence-electron chi connectivity index (χ0n) is 18.1. The van der Waals surface area contributed by atoms with Gasteiger partial charge >= 0.3 is 0 Å². The quantitative estimate of drug-likeness (QED) is 0.722. The van der Waals surface area contributed by atoms with Crippen LogP contribution in [0.25, 0.3) is 0 Å². The Hall–Kier alpha value is -2.06. The van der Waals surface area contributed by atoms with Crippen molar-refractivity contribution in [1.29, 1.82) is 0 Å². The maximum Gasteiger partial charge on any atom is 0.235 e. The Bertz CT molecular complexity index is 754. The van der Waals surface area contributed by atoms with Gasteiger partial charge in [-0.25, -0.2) is 0 Å². The zero-order valence-corrected chi connectivity index (χ0v) is 18.9. The number of benzene rings is 1. The number of rotatable bonds is 5. The van der Waals surface area contributed by atoms with E-state index in [2.05, 4.69) is 17.3 Å². The van der Waals surface area contributed by atoms with Gasteiger partial charge in [0.15, 0.2) is 0 Å². The summed E-state index contributed by atoms with van der Waals surface area (Å²) in [5, 5.41) is 2.55. The van der Waals surface area contributed by atoms with Crippen molar-refractivity contribution in [2.24, 2.45) is 5.92 Å². The molecule has 7 nitrogen and oxygen atoms in total. The van der Waals surface area contributed by atoms with Crippen molar-refractivity contribution in [2.75, 3.05) is 51.6 Å². The fourth-order valence-electron chi connectivity index (χ4n) is 3.96. The first kappa shape index (κ1) is 22.6. The van der Waals surface area contributed by atoms with E-state index in [1.54, 1.807) is 0 Å². The topological polar surface area (TPSA) is 73.0 Å². The van der Waals surface area contributed by atoms with Gasteiger partial charge in [0.2, 0.25) is 17.7 Å². The summed E-state index contributed by atoms with van der Waals surface area (Å²) < 4.78 is 0. The molecule has 3 amide bonds. The number of thioether (sulfide) groups is 1. The summed E-state index contributed by atoms with van der Waals surface area (Å²) in [6.45, 7) is 8.19. The molecular formula is C22H32N4O3S. The fraction of sp³-hybridized carbons (Fsp3) is 0.591. The van der Waals surface area contributed by atoms with Gasteiger partial charge in [-0.1, -0.05) is 0 Å². The molecular weight excluding hydrogens is 400 g/mol. The second-order valence-corrected chi connectivity index (χ2v) is 9.61. The van der Waals surface area contributed by atoms with Gasteiger partial charge in [0.05, 0.1) is 5.25 Å². The Labute approximate surface area is 183 Å². The minimum atomic E-state index is -0.193. The molecule has 2 aliphatic rings. The van der Waals surface area contributed by atoms with Gasteiger partial charge in [0, 0.05) is 62.7 Å². The number of amides is 3. The summed E-state index contributed by atoms with van der Waals surface area (Å²) in [4.78, 5) is 43.9. The fourth-order valence-corrected chi connectivity index (χ4v) is 4.91. The predicted octanol–water partition coefficient (Wildman–Crippen LogP) is 2.14. The molecule has 164 valence electrons. The molecule has 0 saturated carbocycles. The van der Waals surface area contributed by atoms with Gasteiger partial charge in [0.25, 0.3) is 0 Å². The maximum atomic E-state index is 12.9. The number of hydrogen-bond donors (Lipinski definition) is 1. The largest absolute Gasteiger partial charge is 0.342 e. The molecule has 1 unspecified atom stereocenters. The van der Waals surface area contributed by atoms with E-state index >= 15 is 0 Å². The van der Waals surface area contributed by atoms with Crippen molar-refractivity contribution in [3.8, 4) is 0 Å². The molecule has 0 spiro atoms. The number of piperazine rings is 1. The highest BCUT2D eigenvalue weighted by Gasteiger charge is 2.32. The summed E-state index contributed by atoms with van der Waals surface area (Å²) in [7, 11) is 2.09. The monoisotopic (exact) mass is 432 g/mol. The van der Waals surface area contributed by atoms with Crippen molar-refractivity contribution in [3.63, 3.8) is 0 Å². The van der Waals surface area contributed by atoms with Crippen LogP contribution in [0.4, 0.5) is 5.69 Å². The minimum absolute atomic E-state index is 0.0433. The molecule has 2 aliphatic heterocycles. The first-order valence-corrected chi connectivity index (χ1v) is 11.5. The summed E-state index contributed by atoms with van der Waals surface area (Å²) >= 11 is 1.52. The number of carbonyl (C=O) groups excluding carboxylic acids is 3. The highest BCUT2D eigenvalue weighted by atomic mass is 32.2. The molecule has 1 aromatic rings. The average molecular weight is 433 g/mol. The Morgan fingerprint density at radius 1 is 0.967 bits per heavy atom. The minimum Gasteiger partial charge on any atom is -0.342 e. The number of carbonyl (C=O) groups is 3. The number of hydrogen-bond acceptors (Lipinski definition) is 5. The molecule has 30 heavy (non-hydrogen) atoms. The van der Waals surface area contributed by atoms with Crippen molar-refractivity contribution >= 4 is 35.2 Å². The molecule has 0 bridgehead atoms. The van der Waals surface area contributed by atoms with Crippen LogP contribution in [0, 0.1) is 5.92 Å². The van der Waals surface area contributed by atoms with Crippen LogP contribution in [0.2, 0.25) is 0 Å². The summed E-state index contributed by atoms with van der Waals surface area (Å²) in [5.41, 5.74) is 0.748. The highest BCUT2D eigenvalue weighted by molar-refractivity contribution is 8.00. The molecule has 2 fully saturated rings. The lowest BCUT2D eigenvalue weighted by molar-refractivity contribution is -0.141. The van der Waals surface area contributed by atoms with E-state index in [-0.39, 0.29) is 28.9 Å². The van der Waals surface area contributed by atoms with E-state index in [1.807, 2.05) is 41.0 Å². The Balaban J connectivity index is 1.46. The Kier molecular flexibility index (Phi) is 7.77. The first-order chi connectivity index (χ1) is 14.3. The van der Waals surface area contributed by atoms with Crippen molar-refractivity contribution in [2.45, 2.75) is 36.8 Å². The van der Waals surface area contributed by atoms with Crippen molar-refractivity contribution in [1.82, 2.24) is 14.7 Å². The lowest BCUT2D eigenvalue weighted by Crippen LogP contribution is -2.51. The smallest absolute Gasteiger partial charge is 0.235 e.